The molecule has 1 heterocycles. The zero-order valence-electron chi connectivity index (χ0n) is 9.70. The van der Waals surface area contributed by atoms with Gasteiger partial charge in [-0.1, -0.05) is 13.8 Å². The standard InChI is InChI=1S/C11H22N2O2/c1-11(2)5-3-7-13(8-4-6-12)9(11)10(14)15/h9H,3-8,12H2,1-2H3,(H,14,15). The van der Waals surface area contributed by atoms with Gasteiger partial charge in [0.1, 0.15) is 6.04 Å². The second-order valence-electron chi connectivity index (χ2n) is 5.01. The minimum atomic E-state index is -0.697. The third-order valence-corrected chi connectivity index (χ3v) is 3.26. The molecule has 0 bridgehead atoms. The highest BCUT2D eigenvalue weighted by Crippen LogP contribution is 2.35. The molecule has 0 aliphatic carbocycles. The summed E-state index contributed by atoms with van der Waals surface area (Å²) in [6.07, 6.45) is 2.95. The van der Waals surface area contributed by atoms with Crippen LogP contribution in [0.1, 0.15) is 33.1 Å². The number of carboxylic acids is 1. The maximum absolute atomic E-state index is 11.3. The molecule has 0 aromatic heterocycles. The fourth-order valence-corrected chi connectivity index (χ4v) is 2.52. The second kappa shape index (κ2) is 4.94. The summed E-state index contributed by atoms with van der Waals surface area (Å²) in [5, 5.41) is 9.27. The fraction of sp³-hybridized carbons (Fsp3) is 0.909. The van der Waals surface area contributed by atoms with Crippen LogP contribution in [-0.2, 0) is 4.79 Å². The van der Waals surface area contributed by atoms with Gasteiger partial charge in [-0.15, -0.1) is 0 Å². The Bertz CT molecular complexity index is 229. The summed E-state index contributed by atoms with van der Waals surface area (Å²) in [4.78, 5) is 13.3. The molecule has 0 aromatic rings. The smallest absolute Gasteiger partial charge is 0.321 e. The molecule has 0 spiro atoms. The summed E-state index contributed by atoms with van der Waals surface area (Å²) < 4.78 is 0. The summed E-state index contributed by atoms with van der Waals surface area (Å²) in [7, 11) is 0. The fourth-order valence-electron chi connectivity index (χ4n) is 2.52. The van der Waals surface area contributed by atoms with Crippen LogP contribution in [0.4, 0.5) is 0 Å². The quantitative estimate of drug-likeness (QED) is 0.730. The highest BCUT2D eigenvalue weighted by Gasteiger charge is 2.41. The molecular formula is C11H22N2O2. The summed E-state index contributed by atoms with van der Waals surface area (Å²) in [6.45, 7) is 6.40. The minimum absolute atomic E-state index is 0.126. The SMILES string of the molecule is CC1(C)CCCN(CCCN)C1C(=O)O. The van der Waals surface area contributed by atoms with Crippen LogP contribution in [0.3, 0.4) is 0 Å². The molecule has 1 fully saturated rings. The van der Waals surface area contributed by atoms with E-state index in [0.29, 0.717) is 6.54 Å². The van der Waals surface area contributed by atoms with Crippen molar-refractivity contribution in [3.05, 3.63) is 0 Å². The van der Waals surface area contributed by atoms with Crippen molar-refractivity contribution >= 4 is 5.97 Å². The Balaban J connectivity index is 2.71. The molecule has 4 heteroatoms. The number of carboxylic acid groups (broad SMARTS) is 1. The van der Waals surface area contributed by atoms with Crippen molar-refractivity contribution in [3.8, 4) is 0 Å². The maximum Gasteiger partial charge on any atom is 0.321 e. The van der Waals surface area contributed by atoms with Crippen LogP contribution in [-0.4, -0.2) is 41.7 Å². The minimum Gasteiger partial charge on any atom is -0.480 e. The monoisotopic (exact) mass is 214 g/mol. The molecule has 1 rings (SSSR count). The van der Waals surface area contributed by atoms with Gasteiger partial charge in [-0.05, 0) is 37.8 Å². The Morgan fingerprint density at radius 1 is 1.60 bits per heavy atom. The van der Waals surface area contributed by atoms with Crippen molar-refractivity contribution in [2.45, 2.75) is 39.2 Å². The molecule has 1 aliphatic heterocycles. The van der Waals surface area contributed by atoms with Gasteiger partial charge in [0.25, 0.3) is 0 Å². The van der Waals surface area contributed by atoms with Crippen molar-refractivity contribution in [2.24, 2.45) is 11.1 Å². The number of nitrogens with zero attached hydrogens (tertiary/aromatic N) is 1. The summed E-state index contributed by atoms with van der Waals surface area (Å²) in [6, 6.07) is -0.349. The number of aliphatic carboxylic acids is 1. The van der Waals surface area contributed by atoms with Crippen LogP contribution >= 0.6 is 0 Å². The van der Waals surface area contributed by atoms with E-state index in [4.69, 9.17) is 5.73 Å². The largest absolute Gasteiger partial charge is 0.480 e. The average molecular weight is 214 g/mol. The molecule has 15 heavy (non-hydrogen) atoms. The number of rotatable bonds is 4. The van der Waals surface area contributed by atoms with E-state index in [2.05, 4.69) is 4.90 Å². The van der Waals surface area contributed by atoms with Crippen LogP contribution < -0.4 is 5.73 Å². The number of hydrogen-bond acceptors (Lipinski definition) is 3. The van der Waals surface area contributed by atoms with Crippen LogP contribution in [0.25, 0.3) is 0 Å². The number of carbonyl (C=O) groups is 1. The molecule has 0 aromatic carbocycles. The van der Waals surface area contributed by atoms with Crippen LogP contribution in [0.5, 0.6) is 0 Å². The Morgan fingerprint density at radius 3 is 2.80 bits per heavy atom. The van der Waals surface area contributed by atoms with Crippen molar-refractivity contribution < 1.29 is 9.90 Å². The molecule has 1 aliphatic rings. The van der Waals surface area contributed by atoms with Gasteiger partial charge in [0.05, 0.1) is 0 Å². The van der Waals surface area contributed by atoms with E-state index in [9.17, 15) is 9.90 Å². The van der Waals surface area contributed by atoms with Gasteiger partial charge in [0, 0.05) is 6.54 Å². The second-order valence-corrected chi connectivity index (χ2v) is 5.01. The van der Waals surface area contributed by atoms with Crippen molar-refractivity contribution in [2.75, 3.05) is 19.6 Å². The molecule has 3 N–H and O–H groups in total. The maximum atomic E-state index is 11.3. The molecule has 4 nitrogen and oxygen atoms in total. The summed E-state index contributed by atoms with van der Waals surface area (Å²) in [5.41, 5.74) is 5.33. The van der Waals surface area contributed by atoms with E-state index in [1.165, 1.54) is 0 Å². The van der Waals surface area contributed by atoms with Crippen molar-refractivity contribution in [3.63, 3.8) is 0 Å². The van der Waals surface area contributed by atoms with E-state index in [0.717, 1.165) is 32.4 Å². The van der Waals surface area contributed by atoms with Gasteiger partial charge in [0.15, 0.2) is 0 Å². The third kappa shape index (κ3) is 2.92. The molecule has 1 atom stereocenters. The van der Waals surface area contributed by atoms with Crippen LogP contribution in [0, 0.1) is 5.41 Å². The highest BCUT2D eigenvalue weighted by atomic mass is 16.4. The van der Waals surface area contributed by atoms with Gasteiger partial charge in [0.2, 0.25) is 0 Å². The molecule has 0 saturated carbocycles. The van der Waals surface area contributed by atoms with E-state index in [-0.39, 0.29) is 11.5 Å². The summed E-state index contributed by atoms with van der Waals surface area (Å²) in [5.74, 6) is -0.697. The first kappa shape index (κ1) is 12.5. The lowest BCUT2D eigenvalue weighted by atomic mass is 9.76. The highest BCUT2D eigenvalue weighted by molar-refractivity contribution is 5.74. The number of nitrogens with two attached hydrogens (primary N) is 1. The lowest BCUT2D eigenvalue weighted by molar-refractivity contribution is -0.150. The van der Waals surface area contributed by atoms with Crippen LogP contribution in [0.2, 0.25) is 0 Å². The Hall–Kier alpha value is -0.610. The van der Waals surface area contributed by atoms with Crippen molar-refractivity contribution in [1.82, 2.24) is 4.90 Å². The Morgan fingerprint density at radius 2 is 2.27 bits per heavy atom. The number of piperidine rings is 1. The zero-order valence-corrected chi connectivity index (χ0v) is 9.70. The van der Waals surface area contributed by atoms with E-state index in [1.54, 1.807) is 0 Å². The third-order valence-electron chi connectivity index (χ3n) is 3.26. The molecule has 0 amide bonds. The Kier molecular flexibility index (Phi) is 4.11. The molecule has 1 unspecified atom stereocenters. The zero-order chi connectivity index (χ0) is 11.5. The van der Waals surface area contributed by atoms with Gasteiger partial charge in [-0.25, -0.2) is 0 Å². The van der Waals surface area contributed by atoms with Gasteiger partial charge in [-0.2, -0.15) is 0 Å². The summed E-state index contributed by atoms with van der Waals surface area (Å²) >= 11 is 0. The lowest BCUT2D eigenvalue weighted by Crippen LogP contribution is -2.54. The lowest BCUT2D eigenvalue weighted by Gasteiger charge is -2.44. The Labute approximate surface area is 91.4 Å². The van der Waals surface area contributed by atoms with Gasteiger partial charge < -0.3 is 10.8 Å². The van der Waals surface area contributed by atoms with Gasteiger partial charge >= 0.3 is 5.97 Å². The van der Waals surface area contributed by atoms with Crippen LogP contribution in [0.15, 0.2) is 0 Å². The van der Waals surface area contributed by atoms with Crippen molar-refractivity contribution in [1.29, 1.82) is 0 Å². The van der Waals surface area contributed by atoms with E-state index >= 15 is 0 Å². The number of hydrogen-bond donors (Lipinski definition) is 2. The number of likely N-dealkylation sites (tertiary alicyclic amines) is 1. The first-order valence-corrected chi connectivity index (χ1v) is 5.66. The molecule has 1 saturated heterocycles. The normalized spacial score (nSPS) is 26.5. The topological polar surface area (TPSA) is 66.6 Å². The molecular weight excluding hydrogens is 192 g/mol. The predicted octanol–water partition coefficient (Wildman–Crippen LogP) is 0.910. The van der Waals surface area contributed by atoms with E-state index < -0.39 is 5.97 Å². The molecule has 88 valence electrons. The van der Waals surface area contributed by atoms with E-state index in [1.807, 2.05) is 13.8 Å². The molecule has 0 radical (unpaired) electrons. The van der Waals surface area contributed by atoms with Gasteiger partial charge in [-0.3, -0.25) is 9.69 Å². The first-order chi connectivity index (χ1) is 6.99. The average Bonchev–Trinajstić information content (AvgIpc) is 2.12. The first-order valence-electron chi connectivity index (χ1n) is 5.66. The predicted molar refractivity (Wildman–Crippen MR) is 59.7 cm³/mol.